The second-order valence-corrected chi connectivity index (χ2v) is 7.39. The number of rotatable bonds is 8. The number of carbonyl (C=O) groups excluding carboxylic acids is 2. The van der Waals surface area contributed by atoms with E-state index in [1.54, 1.807) is 30.9 Å². The molecule has 3 rings (SSSR count). The van der Waals surface area contributed by atoms with Crippen LogP contribution in [0.15, 0.2) is 47.5 Å². The number of hydrogen-bond donors (Lipinski definition) is 2. The van der Waals surface area contributed by atoms with Crippen molar-refractivity contribution in [3.05, 3.63) is 54.3 Å². The first-order chi connectivity index (χ1) is 13.5. The van der Waals surface area contributed by atoms with E-state index >= 15 is 0 Å². The third-order valence-corrected chi connectivity index (χ3v) is 4.95. The fourth-order valence-electron chi connectivity index (χ4n) is 2.38. The van der Waals surface area contributed by atoms with E-state index in [0.717, 1.165) is 5.56 Å². The van der Waals surface area contributed by atoms with Crippen LogP contribution < -0.4 is 10.6 Å². The number of hydrogen-bond acceptors (Lipinski definition) is 7. The monoisotopic (exact) mass is 400 g/mol. The molecular weight excluding hydrogens is 380 g/mol. The molecule has 0 aliphatic carbocycles. The molecule has 0 unspecified atom stereocenters. The zero-order valence-corrected chi connectivity index (χ0v) is 16.3. The summed E-state index contributed by atoms with van der Waals surface area (Å²) < 4.78 is 6.59. The van der Waals surface area contributed by atoms with E-state index in [9.17, 15) is 9.59 Å². The second-order valence-electron chi connectivity index (χ2n) is 6.06. The predicted octanol–water partition coefficient (Wildman–Crippen LogP) is 2.32. The van der Waals surface area contributed by atoms with Crippen molar-refractivity contribution in [2.75, 3.05) is 16.4 Å². The molecule has 0 bridgehead atoms. The lowest BCUT2D eigenvalue weighted by atomic mass is 10.2. The first-order valence-electron chi connectivity index (χ1n) is 8.57. The molecule has 0 aliphatic heterocycles. The van der Waals surface area contributed by atoms with Crippen LogP contribution in [-0.4, -0.2) is 42.7 Å². The largest absolute Gasteiger partial charge is 0.360 e. The van der Waals surface area contributed by atoms with Crippen LogP contribution in [0, 0.1) is 6.92 Å². The van der Waals surface area contributed by atoms with Gasteiger partial charge in [-0.15, -0.1) is 11.8 Å². The van der Waals surface area contributed by atoms with Gasteiger partial charge in [0, 0.05) is 11.8 Å². The molecule has 1 aromatic carbocycles. The fourth-order valence-corrected chi connectivity index (χ4v) is 3.07. The van der Waals surface area contributed by atoms with Crippen molar-refractivity contribution in [2.24, 2.45) is 0 Å². The molecule has 28 heavy (non-hydrogen) atoms. The summed E-state index contributed by atoms with van der Waals surface area (Å²) in [5.41, 5.74) is 1.62. The van der Waals surface area contributed by atoms with Crippen LogP contribution in [0.25, 0.3) is 0 Å². The first kappa shape index (κ1) is 19.6. The van der Waals surface area contributed by atoms with E-state index in [0.29, 0.717) is 23.8 Å². The summed E-state index contributed by atoms with van der Waals surface area (Å²) in [4.78, 5) is 28.4. The zero-order chi connectivity index (χ0) is 19.9. The van der Waals surface area contributed by atoms with E-state index < -0.39 is 5.25 Å². The molecule has 2 aromatic heterocycles. The molecule has 2 heterocycles. The maximum atomic E-state index is 12.3. The number of amides is 2. The zero-order valence-electron chi connectivity index (χ0n) is 15.5. The average molecular weight is 400 g/mol. The molecule has 0 radical (unpaired) electrons. The van der Waals surface area contributed by atoms with Crippen molar-refractivity contribution >= 4 is 35.1 Å². The highest BCUT2D eigenvalue weighted by Gasteiger charge is 2.17. The summed E-state index contributed by atoms with van der Waals surface area (Å²) in [7, 11) is 0. The smallest absolute Gasteiger partial charge is 0.238 e. The van der Waals surface area contributed by atoms with Crippen LogP contribution in [0.4, 0.5) is 11.5 Å². The molecule has 0 saturated carbocycles. The van der Waals surface area contributed by atoms with Gasteiger partial charge in [-0.3, -0.25) is 9.59 Å². The Bertz CT molecular complexity index is 940. The van der Waals surface area contributed by atoms with E-state index in [-0.39, 0.29) is 17.6 Å². The lowest BCUT2D eigenvalue weighted by Gasteiger charge is -2.13. The van der Waals surface area contributed by atoms with Crippen LogP contribution in [0.1, 0.15) is 18.2 Å². The number of carbonyl (C=O) groups is 2. The summed E-state index contributed by atoms with van der Waals surface area (Å²) in [6, 6.07) is 9.13. The van der Waals surface area contributed by atoms with Crippen molar-refractivity contribution in [3.8, 4) is 0 Å². The van der Waals surface area contributed by atoms with Gasteiger partial charge in [0.2, 0.25) is 11.8 Å². The van der Waals surface area contributed by atoms with Gasteiger partial charge in [-0.1, -0.05) is 23.4 Å². The third kappa shape index (κ3) is 5.43. The number of aromatic nitrogens is 4. The van der Waals surface area contributed by atoms with Crippen molar-refractivity contribution in [3.63, 3.8) is 0 Å². The Kier molecular flexibility index (Phi) is 6.43. The highest BCUT2D eigenvalue weighted by molar-refractivity contribution is 8.01. The molecule has 2 amide bonds. The van der Waals surface area contributed by atoms with Gasteiger partial charge < -0.3 is 15.2 Å². The normalized spacial score (nSPS) is 11.8. The van der Waals surface area contributed by atoms with E-state index in [1.807, 2.05) is 24.3 Å². The van der Waals surface area contributed by atoms with Crippen LogP contribution in [-0.2, 0) is 16.1 Å². The summed E-state index contributed by atoms with van der Waals surface area (Å²) in [6.07, 6.45) is 3.08. The van der Waals surface area contributed by atoms with Crippen molar-refractivity contribution < 1.29 is 14.1 Å². The molecule has 0 aliphatic rings. The van der Waals surface area contributed by atoms with Gasteiger partial charge in [0.25, 0.3) is 0 Å². The minimum Gasteiger partial charge on any atom is -0.360 e. The van der Waals surface area contributed by atoms with Gasteiger partial charge in [-0.05, 0) is 25.5 Å². The third-order valence-electron chi connectivity index (χ3n) is 3.80. The first-order valence-corrected chi connectivity index (χ1v) is 9.62. The van der Waals surface area contributed by atoms with Gasteiger partial charge in [0.05, 0.1) is 17.5 Å². The summed E-state index contributed by atoms with van der Waals surface area (Å²) >= 11 is 1.24. The molecule has 146 valence electrons. The standard InChI is InChI=1S/C18H20N6O3S/c1-12-7-16(23-27-12)22-18(26)13(2)28-9-17(25)21-15-6-4-3-5-14(15)8-24-11-19-10-20-24/h3-7,10-11,13H,8-9H2,1-2H3,(H,21,25)(H,22,23,26)/t13-/m1/s1. The SMILES string of the molecule is Cc1cc(NC(=O)[C@@H](C)SCC(=O)Nc2ccccc2Cn2cncn2)no1. The molecule has 0 fully saturated rings. The maximum absolute atomic E-state index is 12.3. The number of nitrogens with zero attached hydrogens (tertiary/aromatic N) is 4. The van der Waals surface area contributed by atoms with Gasteiger partial charge in [-0.2, -0.15) is 5.10 Å². The molecular formula is C18H20N6O3S. The number of aryl methyl sites for hydroxylation is 1. The molecule has 1 atom stereocenters. The number of anilines is 2. The van der Waals surface area contributed by atoms with Gasteiger partial charge in [-0.25, -0.2) is 9.67 Å². The lowest BCUT2D eigenvalue weighted by molar-refractivity contribution is -0.115. The van der Waals surface area contributed by atoms with Crippen LogP contribution in [0.5, 0.6) is 0 Å². The van der Waals surface area contributed by atoms with E-state index in [2.05, 4.69) is 25.9 Å². The van der Waals surface area contributed by atoms with Crippen molar-refractivity contribution in [2.45, 2.75) is 25.6 Å². The Balaban J connectivity index is 1.51. The Morgan fingerprint density at radius 2 is 2.11 bits per heavy atom. The number of nitrogens with one attached hydrogen (secondary N) is 2. The highest BCUT2D eigenvalue weighted by Crippen LogP contribution is 2.18. The molecule has 0 saturated heterocycles. The lowest BCUT2D eigenvalue weighted by Crippen LogP contribution is -2.25. The maximum Gasteiger partial charge on any atom is 0.238 e. The van der Waals surface area contributed by atoms with Crippen molar-refractivity contribution in [1.29, 1.82) is 0 Å². The van der Waals surface area contributed by atoms with Crippen LogP contribution >= 0.6 is 11.8 Å². The summed E-state index contributed by atoms with van der Waals surface area (Å²) in [5, 5.41) is 12.9. The topological polar surface area (TPSA) is 115 Å². The van der Waals surface area contributed by atoms with Crippen LogP contribution in [0.3, 0.4) is 0 Å². The van der Waals surface area contributed by atoms with Gasteiger partial charge in [0.15, 0.2) is 5.82 Å². The quantitative estimate of drug-likeness (QED) is 0.596. The van der Waals surface area contributed by atoms with Crippen molar-refractivity contribution in [1.82, 2.24) is 19.9 Å². The van der Waals surface area contributed by atoms with Gasteiger partial charge in [0.1, 0.15) is 18.4 Å². The molecule has 0 spiro atoms. The second kappa shape index (κ2) is 9.18. The minimum absolute atomic E-state index is 0.143. The summed E-state index contributed by atoms with van der Waals surface area (Å²) in [6.45, 7) is 3.98. The number of para-hydroxylation sites is 1. The average Bonchev–Trinajstić information content (AvgIpc) is 3.33. The Labute approximate surface area is 165 Å². The fraction of sp³-hybridized carbons (Fsp3) is 0.278. The highest BCUT2D eigenvalue weighted by atomic mass is 32.2. The van der Waals surface area contributed by atoms with Crippen LogP contribution in [0.2, 0.25) is 0 Å². The predicted molar refractivity (Wildman–Crippen MR) is 106 cm³/mol. The number of benzene rings is 1. The van der Waals surface area contributed by atoms with Gasteiger partial charge >= 0.3 is 0 Å². The number of thioether (sulfide) groups is 1. The van der Waals surface area contributed by atoms with E-state index in [1.165, 1.54) is 18.1 Å². The Morgan fingerprint density at radius 3 is 2.82 bits per heavy atom. The minimum atomic E-state index is -0.423. The molecule has 10 heteroatoms. The molecule has 3 aromatic rings. The molecule has 9 nitrogen and oxygen atoms in total. The molecule has 2 N–H and O–H groups in total. The summed E-state index contributed by atoms with van der Waals surface area (Å²) in [5.74, 6) is 0.691. The van der Waals surface area contributed by atoms with E-state index in [4.69, 9.17) is 4.52 Å². The Morgan fingerprint density at radius 1 is 1.29 bits per heavy atom. The Hall–Kier alpha value is -3.14.